The summed E-state index contributed by atoms with van der Waals surface area (Å²) in [6.45, 7) is 8.92. The van der Waals surface area contributed by atoms with Crippen molar-refractivity contribution >= 4 is 31.1 Å². The molecule has 2 aliphatic heterocycles. The van der Waals surface area contributed by atoms with Crippen LogP contribution in [0.1, 0.15) is 85.4 Å². The van der Waals surface area contributed by atoms with E-state index >= 15 is 0 Å². The van der Waals surface area contributed by atoms with Gasteiger partial charge in [0.15, 0.2) is 6.35 Å². The van der Waals surface area contributed by atoms with Gasteiger partial charge in [-0.25, -0.2) is 13.6 Å². The quantitative estimate of drug-likeness (QED) is 0.118. The SMILES string of the molecule is CCC(=O)N1CC(F)(F)C[C@@H]1C(=O)Oc1ccc(Cc2c(C)cc(OC[P@@]3(=O)OCC[C@@H](c4cccc(Cl)c4)O3)cc2C)cc1C(C)C. The van der Waals surface area contributed by atoms with Crippen LogP contribution >= 0.6 is 19.2 Å². The number of esters is 1. The number of hydrogen-bond donors (Lipinski definition) is 0. The van der Waals surface area contributed by atoms with E-state index in [0.29, 0.717) is 23.6 Å². The number of aryl methyl sites for hydroxylation is 2. The zero-order valence-electron chi connectivity index (χ0n) is 27.8. The highest BCUT2D eigenvalue weighted by Crippen LogP contribution is 2.56. The lowest BCUT2D eigenvalue weighted by atomic mass is 9.93. The van der Waals surface area contributed by atoms with Crippen LogP contribution in [0.25, 0.3) is 0 Å². The lowest BCUT2D eigenvalue weighted by molar-refractivity contribution is -0.146. The summed E-state index contributed by atoms with van der Waals surface area (Å²) in [6.07, 6.45) is -0.249. The van der Waals surface area contributed by atoms with Gasteiger partial charge in [0.1, 0.15) is 17.5 Å². The lowest BCUT2D eigenvalue weighted by Gasteiger charge is -2.30. The molecule has 3 aromatic carbocycles. The first-order chi connectivity index (χ1) is 22.7. The molecule has 0 bridgehead atoms. The van der Waals surface area contributed by atoms with Gasteiger partial charge in [0.05, 0.1) is 19.3 Å². The number of ether oxygens (including phenoxy) is 2. The van der Waals surface area contributed by atoms with Crippen LogP contribution in [-0.4, -0.2) is 48.2 Å². The molecule has 48 heavy (non-hydrogen) atoms. The minimum absolute atomic E-state index is 0.0205. The smallest absolute Gasteiger partial charge is 0.368 e. The number of benzene rings is 3. The van der Waals surface area contributed by atoms with Crippen LogP contribution < -0.4 is 9.47 Å². The second-order valence-electron chi connectivity index (χ2n) is 12.8. The van der Waals surface area contributed by atoms with E-state index < -0.39 is 50.5 Å². The van der Waals surface area contributed by atoms with Crippen molar-refractivity contribution in [2.24, 2.45) is 0 Å². The van der Waals surface area contributed by atoms with Crippen LogP contribution in [0.15, 0.2) is 54.6 Å². The Morgan fingerprint density at radius 3 is 2.50 bits per heavy atom. The van der Waals surface area contributed by atoms with Crippen molar-refractivity contribution in [2.45, 2.75) is 84.3 Å². The summed E-state index contributed by atoms with van der Waals surface area (Å²) in [4.78, 5) is 26.3. The molecule has 2 aliphatic rings. The molecule has 8 nitrogen and oxygen atoms in total. The summed E-state index contributed by atoms with van der Waals surface area (Å²) in [6, 6.07) is 15.2. The molecule has 5 rings (SSSR count). The number of alkyl halides is 2. The normalized spacial score (nSPS) is 22.1. The molecule has 0 N–H and O–H groups in total. The third-order valence-corrected chi connectivity index (χ3v) is 10.5. The second kappa shape index (κ2) is 14.7. The third kappa shape index (κ3) is 8.46. The minimum atomic E-state index is -3.52. The van der Waals surface area contributed by atoms with E-state index in [1.165, 1.54) is 0 Å². The highest BCUT2D eigenvalue weighted by atomic mass is 35.5. The molecule has 0 radical (unpaired) electrons. The second-order valence-corrected chi connectivity index (χ2v) is 15.2. The molecule has 3 aromatic rings. The van der Waals surface area contributed by atoms with Crippen molar-refractivity contribution in [3.8, 4) is 11.5 Å². The van der Waals surface area contributed by atoms with Gasteiger partial charge in [-0.05, 0) is 89.9 Å². The van der Waals surface area contributed by atoms with Crippen LogP contribution in [0.3, 0.4) is 0 Å². The van der Waals surface area contributed by atoms with E-state index in [4.69, 9.17) is 30.1 Å². The fourth-order valence-electron chi connectivity index (χ4n) is 6.17. The summed E-state index contributed by atoms with van der Waals surface area (Å²) >= 11 is 6.13. The number of amides is 1. The van der Waals surface area contributed by atoms with Gasteiger partial charge in [-0.2, -0.15) is 0 Å². The van der Waals surface area contributed by atoms with Gasteiger partial charge in [-0.1, -0.05) is 56.6 Å². The first-order valence-corrected chi connectivity index (χ1v) is 18.2. The Morgan fingerprint density at radius 2 is 1.83 bits per heavy atom. The number of rotatable bonds is 10. The summed E-state index contributed by atoms with van der Waals surface area (Å²) in [5.41, 5.74) is 5.56. The Kier molecular flexibility index (Phi) is 11.0. The molecule has 0 aromatic heterocycles. The number of nitrogens with zero attached hydrogens (tertiary/aromatic N) is 1. The topological polar surface area (TPSA) is 91.4 Å². The molecule has 258 valence electrons. The molecule has 2 fully saturated rings. The Hall–Kier alpha value is -3.30. The van der Waals surface area contributed by atoms with Gasteiger partial charge in [0.2, 0.25) is 5.91 Å². The zero-order valence-corrected chi connectivity index (χ0v) is 29.4. The molecule has 2 heterocycles. The summed E-state index contributed by atoms with van der Waals surface area (Å²) < 4.78 is 64.9. The lowest BCUT2D eigenvalue weighted by Crippen LogP contribution is -2.42. The molecular formula is C36H41ClF2NO7P. The molecule has 1 amide bonds. The molecular weight excluding hydrogens is 663 g/mol. The first kappa shape index (κ1) is 36.0. The van der Waals surface area contributed by atoms with Gasteiger partial charge in [-0.3, -0.25) is 13.9 Å². The van der Waals surface area contributed by atoms with E-state index in [-0.39, 0.29) is 31.0 Å². The molecule has 0 saturated carbocycles. The van der Waals surface area contributed by atoms with Gasteiger partial charge < -0.3 is 18.9 Å². The van der Waals surface area contributed by atoms with E-state index in [2.05, 4.69) is 0 Å². The summed E-state index contributed by atoms with van der Waals surface area (Å²) in [5.74, 6) is -3.73. The minimum Gasteiger partial charge on any atom is -0.481 e. The highest BCUT2D eigenvalue weighted by Gasteiger charge is 2.50. The van der Waals surface area contributed by atoms with E-state index in [9.17, 15) is 22.9 Å². The fourth-order valence-corrected chi connectivity index (χ4v) is 7.87. The average Bonchev–Trinajstić information content (AvgIpc) is 3.37. The number of carbonyl (C=O) groups excluding carboxylic acids is 2. The summed E-state index contributed by atoms with van der Waals surface area (Å²) in [7, 11) is -3.52. The van der Waals surface area contributed by atoms with Crippen LogP contribution in [0.4, 0.5) is 8.78 Å². The van der Waals surface area contributed by atoms with Crippen molar-refractivity contribution in [1.29, 1.82) is 0 Å². The maximum absolute atomic E-state index is 14.2. The molecule has 0 aliphatic carbocycles. The largest absolute Gasteiger partial charge is 0.481 e. The maximum atomic E-state index is 14.2. The maximum Gasteiger partial charge on any atom is 0.368 e. The van der Waals surface area contributed by atoms with Crippen molar-refractivity contribution in [1.82, 2.24) is 4.90 Å². The predicted octanol–water partition coefficient (Wildman–Crippen LogP) is 8.93. The van der Waals surface area contributed by atoms with Crippen molar-refractivity contribution < 1.29 is 41.5 Å². The average molecular weight is 704 g/mol. The van der Waals surface area contributed by atoms with Gasteiger partial charge in [0.25, 0.3) is 5.92 Å². The van der Waals surface area contributed by atoms with E-state index in [1.54, 1.807) is 25.1 Å². The highest BCUT2D eigenvalue weighted by molar-refractivity contribution is 7.53. The molecule has 3 atom stereocenters. The van der Waals surface area contributed by atoms with Crippen molar-refractivity contribution in [2.75, 3.05) is 19.5 Å². The van der Waals surface area contributed by atoms with Gasteiger partial charge in [0, 0.05) is 24.3 Å². The van der Waals surface area contributed by atoms with Crippen LogP contribution in [-0.2, 0) is 29.6 Å². The van der Waals surface area contributed by atoms with Crippen LogP contribution in [0.5, 0.6) is 11.5 Å². The van der Waals surface area contributed by atoms with E-state index in [1.807, 2.05) is 64.1 Å². The van der Waals surface area contributed by atoms with Gasteiger partial charge in [-0.15, -0.1) is 0 Å². The standard InChI is InChI=1S/C36H41ClF2NO7P/c1-6-34(41)40-20-36(38,39)19-31(40)35(42)46-33-11-10-25(16-29(33)22(2)3)17-30-23(4)14-28(15-24(30)5)44-21-48(43)45-13-12-32(47-48)26-8-7-9-27(37)18-26/h7-11,14-16,18,22,31-32H,6,12-13,17,19-21H2,1-5H3/t31-,32+,48-/m1/s1. The Bertz CT molecular complexity index is 1710. The monoisotopic (exact) mass is 703 g/mol. The molecule has 12 heteroatoms. The number of carbonyl (C=O) groups is 2. The number of halogens is 3. The van der Waals surface area contributed by atoms with Crippen molar-refractivity contribution in [3.63, 3.8) is 0 Å². The number of hydrogen-bond acceptors (Lipinski definition) is 7. The van der Waals surface area contributed by atoms with Crippen LogP contribution in [0, 0.1) is 13.8 Å². The van der Waals surface area contributed by atoms with Crippen molar-refractivity contribution in [3.05, 3.63) is 93.0 Å². The Balaban J connectivity index is 1.26. The van der Waals surface area contributed by atoms with Gasteiger partial charge >= 0.3 is 13.6 Å². The Morgan fingerprint density at radius 1 is 1.10 bits per heavy atom. The number of likely N-dealkylation sites (tertiary alicyclic amines) is 1. The molecule has 0 spiro atoms. The third-order valence-electron chi connectivity index (χ3n) is 8.69. The Labute approximate surface area is 285 Å². The molecule has 2 saturated heterocycles. The first-order valence-electron chi connectivity index (χ1n) is 16.1. The fraction of sp³-hybridized carbons (Fsp3) is 0.444. The zero-order chi connectivity index (χ0) is 34.8. The molecule has 0 unspecified atom stereocenters. The summed E-state index contributed by atoms with van der Waals surface area (Å²) in [5, 5.41) is 0.575. The van der Waals surface area contributed by atoms with Crippen LogP contribution in [0.2, 0.25) is 5.02 Å². The predicted molar refractivity (Wildman–Crippen MR) is 179 cm³/mol. The van der Waals surface area contributed by atoms with E-state index in [0.717, 1.165) is 38.3 Å².